The molecular weight excluding hydrogens is 326 g/mol. The molecule has 0 bridgehead atoms. The average Bonchev–Trinajstić information content (AvgIpc) is 3.01. The Morgan fingerprint density at radius 1 is 1.39 bits per heavy atom. The molecule has 0 fully saturated rings. The first-order valence-corrected chi connectivity index (χ1v) is 8.75. The van der Waals surface area contributed by atoms with Crippen LogP contribution in [0.5, 0.6) is 0 Å². The molecule has 4 nitrogen and oxygen atoms in total. The predicted octanol–water partition coefficient (Wildman–Crippen LogP) is 3.93. The van der Waals surface area contributed by atoms with Crippen molar-refractivity contribution in [2.45, 2.75) is 11.7 Å². The Hall–Kier alpha value is -2.36. The second-order valence-electron chi connectivity index (χ2n) is 4.74. The second-order valence-corrected chi connectivity index (χ2v) is 6.73. The van der Waals surface area contributed by atoms with Gasteiger partial charge in [-0.25, -0.2) is 4.98 Å². The van der Waals surface area contributed by atoms with Crippen molar-refractivity contribution in [2.75, 3.05) is 5.75 Å². The normalized spacial score (nSPS) is 10.6. The molecule has 2 heterocycles. The van der Waals surface area contributed by atoms with Crippen LogP contribution in [-0.2, 0) is 6.54 Å². The Balaban J connectivity index is 2.18. The highest BCUT2D eigenvalue weighted by atomic mass is 32.2. The lowest BCUT2D eigenvalue weighted by Gasteiger charge is -2.07. The van der Waals surface area contributed by atoms with E-state index < -0.39 is 0 Å². The van der Waals surface area contributed by atoms with Gasteiger partial charge in [-0.3, -0.25) is 9.36 Å². The summed E-state index contributed by atoms with van der Waals surface area (Å²) in [5.41, 5.74) is 1.67. The fourth-order valence-electron chi connectivity index (χ4n) is 2.23. The quantitative estimate of drug-likeness (QED) is 0.401. The van der Waals surface area contributed by atoms with Crippen LogP contribution in [-0.4, -0.2) is 15.3 Å². The van der Waals surface area contributed by atoms with Crippen molar-refractivity contribution in [1.82, 2.24) is 9.55 Å². The number of thioether (sulfide) groups is 1. The molecule has 114 valence electrons. The molecule has 0 aliphatic rings. The van der Waals surface area contributed by atoms with Crippen LogP contribution in [0.4, 0.5) is 0 Å². The van der Waals surface area contributed by atoms with Crippen molar-refractivity contribution in [2.24, 2.45) is 0 Å². The Morgan fingerprint density at radius 2 is 2.17 bits per heavy atom. The molecule has 1 aromatic carbocycles. The Bertz CT molecular complexity index is 952. The third kappa shape index (κ3) is 3.07. The first-order chi connectivity index (χ1) is 11.2. The molecule has 0 saturated carbocycles. The van der Waals surface area contributed by atoms with Gasteiger partial charge in [0.25, 0.3) is 5.56 Å². The molecule has 2 aromatic heterocycles. The molecular formula is C17H13N3OS2. The van der Waals surface area contributed by atoms with E-state index in [4.69, 9.17) is 5.26 Å². The lowest BCUT2D eigenvalue weighted by molar-refractivity contribution is 0.673. The largest absolute Gasteiger partial charge is 0.282 e. The van der Waals surface area contributed by atoms with Gasteiger partial charge in [0.1, 0.15) is 4.70 Å². The molecule has 3 aromatic rings. The first-order valence-electron chi connectivity index (χ1n) is 6.95. The minimum atomic E-state index is -0.0810. The van der Waals surface area contributed by atoms with E-state index in [2.05, 4.69) is 17.6 Å². The van der Waals surface area contributed by atoms with Gasteiger partial charge in [-0.2, -0.15) is 5.26 Å². The van der Waals surface area contributed by atoms with Crippen LogP contribution in [0.2, 0.25) is 0 Å². The summed E-state index contributed by atoms with van der Waals surface area (Å²) in [4.78, 5) is 18.3. The molecule has 0 aliphatic heterocycles. The maximum absolute atomic E-state index is 12.7. The molecule has 23 heavy (non-hydrogen) atoms. The van der Waals surface area contributed by atoms with E-state index in [0.717, 1.165) is 10.4 Å². The van der Waals surface area contributed by atoms with Crippen LogP contribution in [0.1, 0.15) is 0 Å². The number of nitrogens with zero attached hydrogens (tertiary/aromatic N) is 3. The smallest absolute Gasteiger partial charge is 0.272 e. The molecule has 6 heteroatoms. The fourth-order valence-corrected chi connectivity index (χ4v) is 3.95. The lowest BCUT2D eigenvalue weighted by Crippen LogP contribution is -2.21. The van der Waals surface area contributed by atoms with Gasteiger partial charge in [-0.1, -0.05) is 48.2 Å². The monoisotopic (exact) mass is 339 g/mol. The van der Waals surface area contributed by atoms with Crippen molar-refractivity contribution < 1.29 is 0 Å². The van der Waals surface area contributed by atoms with Crippen molar-refractivity contribution >= 4 is 33.3 Å². The third-order valence-electron chi connectivity index (χ3n) is 3.23. The number of hydrogen-bond acceptors (Lipinski definition) is 5. The maximum atomic E-state index is 12.7. The molecule has 0 N–H and O–H groups in total. The van der Waals surface area contributed by atoms with E-state index >= 15 is 0 Å². The number of thiophene rings is 1. The van der Waals surface area contributed by atoms with Crippen LogP contribution < -0.4 is 5.56 Å². The van der Waals surface area contributed by atoms with E-state index in [0.29, 0.717) is 21.9 Å². The van der Waals surface area contributed by atoms with Gasteiger partial charge in [0, 0.05) is 11.4 Å². The second kappa shape index (κ2) is 6.82. The van der Waals surface area contributed by atoms with Gasteiger partial charge in [0.15, 0.2) is 5.16 Å². The SMILES string of the molecule is C=CCn1c(SCC#N)nc2cc(-c3ccccc3)sc2c1=O. The van der Waals surface area contributed by atoms with Crippen LogP contribution in [0.25, 0.3) is 20.7 Å². The Kier molecular flexibility index (Phi) is 4.60. The summed E-state index contributed by atoms with van der Waals surface area (Å²) in [6.45, 7) is 4.08. The zero-order valence-corrected chi connectivity index (χ0v) is 13.9. The minimum absolute atomic E-state index is 0.0810. The van der Waals surface area contributed by atoms with Gasteiger partial charge in [-0.15, -0.1) is 17.9 Å². The molecule has 3 rings (SSSR count). The number of hydrogen-bond donors (Lipinski definition) is 0. The van der Waals surface area contributed by atoms with Crippen LogP contribution in [0.3, 0.4) is 0 Å². The van der Waals surface area contributed by atoms with Crippen molar-refractivity contribution in [1.29, 1.82) is 5.26 Å². The Morgan fingerprint density at radius 3 is 2.87 bits per heavy atom. The van der Waals surface area contributed by atoms with E-state index in [-0.39, 0.29) is 11.3 Å². The summed E-state index contributed by atoms with van der Waals surface area (Å²) in [5, 5.41) is 9.34. The summed E-state index contributed by atoms with van der Waals surface area (Å²) >= 11 is 2.71. The first kappa shape index (κ1) is 15.5. The van der Waals surface area contributed by atoms with E-state index in [1.54, 1.807) is 10.6 Å². The summed E-state index contributed by atoms with van der Waals surface area (Å²) in [6.07, 6.45) is 1.66. The number of allylic oxidation sites excluding steroid dienone is 1. The third-order valence-corrected chi connectivity index (χ3v) is 5.24. The average molecular weight is 339 g/mol. The van der Waals surface area contributed by atoms with Gasteiger partial charge < -0.3 is 0 Å². The molecule has 0 atom stereocenters. The van der Waals surface area contributed by atoms with E-state index in [9.17, 15) is 4.79 Å². The number of nitriles is 1. The van der Waals surface area contributed by atoms with Crippen LogP contribution >= 0.6 is 23.1 Å². The van der Waals surface area contributed by atoms with Gasteiger partial charge in [0.2, 0.25) is 0 Å². The van der Waals surface area contributed by atoms with Crippen molar-refractivity contribution in [3.05, 3.63) is 59.4 Å². The van der Waals surface area contributed by atoms with Crippen molar-refractivity contribution in [3.8, 4) is 16.5 Å². The lowest BCUT2D eigenvalue weighted by atomic mass is 10.2. The minimum Gasteiger partial charge on any atom is -0.282 e. The van der Waals surface area contributed by atoms with Gasteiger partial charge >= 0.3 is 0 Å². The summed E-state index contributed by atoms with van der Waals surface area (Å²) in [7, 11) is 0. The molecule has 0 unspecified atom stereocenters. The standard InChI is InChI=1S/C17H13N3OS2/c1-2-9-20-16(21)15-13(19-17(20)22-10-8-18)11-14(23-15)12-6-4-3-5-7-12/h2-7,11H,1,9-10H2. The number of benzene rings is 1. The highest BCUT2D eigenvalue weighted by Crippen LogP contribution is 2.31. The predicted molar refractivity (Wildman–Crippen MR) is 95.9 cm³/mol. The van der Waals surface area contributed by atoms with E-state index in [1.165, 1.54) is 23.1 Å². The number of fused-ring (bicyclic) bond motifs is 1. The fraction of sp³-hybridized carbons (Fsp3) is 0.118. The van der Waals surface area contributed by atoms with Crippen molar-refractivity contribution in [3.63, 3.8) is 0 Å². The molecule has 0 spiro atoms. The van der Waals surface area contributed by atoms with Crippen LogP contribution in [0, 0.1) is 11.3 Å². The van der Waals surface area contributed by atoms with Gasteiger partial charge in [-0.05, 0) is 11.6 Å². The van der Waals surface area contributed by atoms with Gasteiger partial charge in [0.05, 0.1) is 17.3 Å². The maximum Gasteiger partial charge on any atom is 0.272 e. The number of rotatable bonds is 5. The zero-order chi connectivity index (χ0) is 16.2. The molecule has 0 amide bonds. The highest BCUT2D eigenvalue weighted by molar-refractivity contribution is 7.99. The summed E-state index contributed by atoms with van der Waals surface area (Å²) < 4.78 is 2.20. The summed E-state index contributed by atoms with van der Waals surface area (Å²) in [5.74, 6) is 0.255. The Labute approximate surface area is 141 Å². The molecule has 0 radical (unpaired) electrons. The van der Waals surface area contributed by atoms with Crippen LogP contribution in [0.15, 0.2) is 59.0 Å². The summed E-state index contributed by atoms with van der Waals surface area (Å²) in [6, 6.07) is 13.9. The highest BCUT2D eigenvalue weighted by Gasteiger charge is 2.14. The molecule has 0 saturated heterocycles. The number of aromatic nitrogens is 2. The zero-order valence-electron chi connectivity index (χ0n) is 12.2. The van der Waals surface area contributed by atoms with E-state index in [1.807, 2.05) is 36.4 Å². The topological polar surface area (TPSA) is 58.7 Å². The molecule has 0 aliphatic carbocycles.